The van der Waals surface area contributed by atoms with Crippen molar-refractivity contribution >= 4 is 0 Å². The molecule has 0 radical (unpaired) electrons. The molecule has 21 heavy (non-hydrogen) atoms. The molecule has 0 aromatic carbocycles. The highest BCUT2D eigenvalue weighted by molar-refractivity contribution is 5.22. The Hall–Kier alpha value is -1.08. The monoisotopic (exact) mass is 288 g/mol. The van der Waals surface area contributed by atoms with Crippen LogP contribution in [0.4, 0.5) is 0 Å². The van der Waals surface area contributed by atoms with E-state index < -0.39 is 5.60 Å². The molecular weight excluding hydrogens is 256 g/mol. The van der Waals surface area contributed by atoms with Gasteiger partial charge in [-0.25, -0.2) is 0 Å². The first-order chi connectivity index (χ1) is 9.83. The lowest BCUT2D eigenvalue weighted by molar-refractivity contribution is 0.0350. The van der Waals surface area contributed by atoms with Gasteiger partial charge in [0.05, 0.1) is 5.60 Å². The number of hydrogen-bond acceptors (Lipinski definition) is 1. The van der Waals surface area contributed by atoms with Gasteiger partial charge in [-0.05, 0) is 58.8 Å². The minimum absolute atomic E-state index is 0.226. The van der Waals surface area contributed by atoms with Gasteiger partial charge in [-0.2, -0.15) is 0 Å². The van der Waals surface area contributed by atoms with Gasteiger partial charge in [-0.3, -0.25) is 0 Å². The van der Waals surface area contributed by atoms with Gasteiger partial charge < -0.3 is 5.11 Å². The lowest BCUT2D eigenvalue weighted by Gasteiger charge is -2.29. The van der Waals surface area contributed by atoms with Crippen LogP contribution in [-0.4, -0.2) is 10.7 Å². The van der Waals surface area contributed by atoms with E-state index in [0.717, 1.165) is 32.1 Å². The number of allylic oxidation sites excluding steroid dienone is 7. The maximum Gasteiger partial charge on any atom is 0.0856 e. The SMILES string of the molecule is CC1=C\C/C=C(\C)CC/C=C(\C)CC[C@](O)(C(C)C)\C=C\1. The summed E-state index contributed by atoms with van der Waals surface area (Å²) < 4.78 is 0. The summed E-state index contributed by atoms with van der Waals surface area (Å²) in [7, 11) is 0. The molecule has 1 heteroatoms. The Morgan fingerprint density at radius 2 is 1.67 bits per heavy atom. The maximum absolute atomic E-state index is 10.9. The number of aliphatic hydroxyl groups is 1. The minimum Gasteiger partial charge on any atom is -0.386 e. The zero-order valence-corrected chi connectivity index (χ0v) is 14.4. The van der Waals surface area contributed by atoms with Gasteiger partial charge in [-0.15, -0.1) is 0 Å². The predicted octanol–water partition coefficient (Wildman–Crippen LogP) is 5.73. The zero-order valence-electron chi connectivity index (χ0n) is 14.4. The van der Waals surface area contributed by atoms with E-state index in [1.807, 2.05) is 6.08 Å². The van der Waals surface area contributed by atoms with E-state index in [1.54, 1.807) is 0 Å². The van der Waals surface area contributed by atoms with Gasteiger partial charge in [0, 0.05) is 0 Å². The van der Waals surface area contributed by atoms with Crippen molar-refractivity contribution in [2.45, 2.75) is 72.3 Å². The molecule has 1 atom stereocenters. The van der Waals surface area contributed by atoms with Crippen LogP contribution < -0.4 is 0 Å². The summed E-state index contributed by atoms with van der Waals surface area (Å²) in [6, 6.07) is 0. The lowest BCUT2D eigenvalue weighted by atomic mass is 9.84. The third-order valence-corrected chi connectivity index (χ3v) is 4.49. The van der Waals surface area contributed by atoms with E-state index in [-0.39, 0.29) is 5.92 Å². The van der Waals surface area contributed by atoms with Gasteiger partial charge in [0.25, 0.3) is 0 Å². The lowest BCUT2D eigenvalue weighted by Crippen LogP contribution is -2.32. The van der Waals surface area contributed by atoms with Crippen LogP contribution in [0.3, 0.4) is 0 Å². The van der Waals surface area contributed by atoms with Crippen molar-refractivity contribution in [1.29, 1.82) is 0 Å². The van der Waals surface area contributed by atoms with Crippen molar-refractivity contribution in [2.24, 2.45) is 5.92 Å². The summed E-state index contributed by atoms with van der Waals surface area (Å²) in [5.74, 6) is 0.226. The molecule has 0 saturated carbocycles. The minimum atomic E-state index is -0.708. The number of hydrogen-bond donors (Lipinski definition) is 1. The molecule has 0 bridgehead atoms. The average molecular weight is 288 g/mol. The van der Waals surface area contributed by atoms with Crippen LogP contribution >= 0.6 is 0 Å². The quantitative estimate of drug-likeness (QED) is 0.611. The third kappa shape index (κ3) is 6.48. The van der Waals surface area contributed by atoms with Crippen LogP contribution in [-0.2, 0) is 0 Å². The predicted molar refractivity (Wildman–Crippen MR) is 93.3 cm³/mol. The van der Waals surface area contributed by atoms with Gasteiger partial charge >= 0.3 is 0 Å². The van der Waals surface area contributed by atoms with E-state index >= 15 is 0 Å². The molecule has 0 fully saturated rings. The Labute approximate surface area is 131 Å². The summed E-state index contributed by atoms with van der Waals surface area (Å²) in [6.07, 6.45) is 15.9. The third-order valence-electron chi connectivity index (χ3n) is 4.49. The molecule has 1 aliphatic rings. The summed E-state index contributed by atoms with van der Waals surface area (Å²) in [6.45, 7) is 10.7. The van der Waals surface area contributed by atoms with E-state index in [4.69, 9.17) is 0 Å². The summed E-state index contributed by atoms with van der Waals surface area (Å²) >= 11 is 0. The molecule has 1 rings (SSSR count). The molecule has 0 spiro atoms. The smallest absolute Gasteiger partial charge is 0.0856 e. The maximum atomic E-state index is 10.9. The first kappa shape index (κ1) is 18.0. The molecule has 1 aliphatic carbocycles. The number of rotatable bonds is 1. The van der Waals surface area contributed by atoms with Crippen LogP contribution in [0.2, 0.25) is 0 Å². The molecule has 0 heterocycles. The van der Waals surface area contributed by atoms with Crippen molar-refractivity contribution < 1.29 is 5.11 Å². The molecule has 0 unspecified atom stereocenters. The van der Waals surface area contributed by atoms with Crippen LogP contribution in [0.15, 0.2) is 47.1 Å². The zero-order chi connectivity index (χ0) is 15.9. The largest absolute Gasteiger partial charge is 0.386 e. The van der Waals surface area contributed by atoms with Crippen LogP contribution in [0.5, 0.6) is 0 Å². The fraction of sp³-hybridized carbons (Fsp3) is 0.600. The van der Waals surface area contributed by atoms with Crippen molar-refractivity contribution in [1.82, 2.24) is 0 Å². The first-order valence-electron chi connectivity index (χ1n) is 8.23. The summed E-state index contributed by atoms with van der Waals surface area (Å²) in [4.78, 5) is 0. The molecule has 1 nitrogen and oxygen atoms in total. The highest BCUT2D eigenvalue weighted by Crippen LogP contribution is 2.27. The normalized spacial score (nSPS) is 34.9. The molecular formula is C20H32O. The molecule has 0 aromatic rings. The highest BCUT2D eigenvalue weighted by Gasteiger charge is 2.27. The Kier molecular flexibility index (Phi) is 7.17. The van der Waals surface area contributed by atoms with E-state index in [2.05, 4.69) is 58.9 Å². The van der Waals surface area contributed by atoms with Gasteiger partial charge in [0.1, 0.15) is 0 Å². The molecule has 0 aromatic heterocycles. The van der Waals surface area contributed by atoms with Gasteiger partial charge in [0.15, 0.2) is 0 Å². The standard InChI is InChI=1S/C20H32O/c1-16(2)20(21)14-12-18(4)10-6-8-17(3)9-7-11-19(5)13-15-20/h8,10-12,14,16,21H,6-7,9,13,15H2,1-5H3/b14-12+,17-8+,18-10+,19-11+/t20-/m0/s1. The van der Waals surface area contributed by atoms with Crippen molar-refractivity contribution in [3.8, 4) is 0 Å². The fourth-order valence-corrected chi connectivity index (χ4v) is 2.50. The van der Waals surface area contributed by atoms with Crippen LogP contribution in [0.25, 0.3) is 0 Å². The first-order valence-corrected chi connectivity index (χ1v) is 8.23. The Bertz CT molecular complexity index is 448. The Morgan fingerprint density at radius 1 is 1.00 bits per heavy atom. The van der Waals surface area contributed by atoms with Crippen LogP contribution in [0.1, 0.15) is 66.7 Å². The fourth-order valence-electron chi connectivity index (χ4n) is 2.50. The Balaban J connectivity index is 2.99. The molecule has 1 N–H and O–H groups in total. The van der Waals surface area contributed by atoms with E-state index in [0.29, 0.717) is 0 Å². The second kappa shape index (κ2) is 8.38. The van der Waals surface area contributed by atoms with Gasteiger partial charge in [-0.1, -0.05) is 60.9 Å². The molecule has 0 aliphatic heterocycles. The Morgan fingerprint density at radius 3 is 2.33 bits per heavy atom. The van der Waals surface area contributed by atoms with Gasteiger partial charge in [0.2, 0.25) is 0 Å². The second-order valence-corrected chi connectivity index (χ2v) is 6.80. The van der Waals surface area contributed by atoms with Crippen molar-refractivity contribution in [2.75, 3.05) is 0 Å². The second-order valence-electron chi connectivity index (χ2n) is 6.80. The van der Waals surface area contributed by atoms with Crippen molar-refractivity contribution in [3.05, 3.63) is 47.1 Å². The van der Waals surface area contributed by atoms with E-state index in [1.165, 1.54) is 16.7 Å². The molecule has 0 amide bonds. The van der Waals surface area contributed by atoms with E-state index in [9.17, 15) is 5.11 Å². The molecule has 118 valence electrons. The highest BCUT2D eigenvalue weighted by atomic mass is 16.3. The summed E-state index contributed by atoms with van der Waals surface area (Å²) in [5, 5.41) is 10.9. The van der Waals surface area contributed by atoms with Crippen LogP contribution in [0, 0.1) is 5.92 Å². The summed E-state index contributed by atoms with van der Waals surface area (Å²) in [5.41, 5.74) is 3.37. The molecule has 0 saturated heterocycles. The van der Waals surface area contributed by atoms with Crippen molar-refractivity contribution in [3.63, 3.8) is 0 Å². The topological polar surface area (TPSA) is 20.2 Å². The average Bonchev–Trinajstić information content (AvgIpc) is 2.42.